The quantitative estimate of drug-likeness (QED) is 0.639. The molecule has 21 heavy (non-hydrogen) atoms. The number of hydrogen-bond acceptors (Lipinski definition) is 2. The molecule has 0 bridgehead atoms. The van der Waals surface area contributed by atoms with E-state index in [4.69, 9.17) is 4.42 Å². The SMILES string of the molecule is CCNC(=NCc1ccoc1)NCc1cc(F)ccc1Br. The molecular weight excluding hydrogens is 337 g/mol. The van der Waals surface area contributed by atoms with Crippen molar-refractivity contribution >= 4 is 21.9 Å². The zero-order chi connectivity index (χ0) is 15.1. The third-order valence-electron chi connectivity index (χ3n) is 2.80. The van der Waals surface area contributed by atoms with Gasteiger partial charge in [0.05, 0.1) is 19.1 Å². The van der Waals surface area contributed by atoms with E-state index in [2.05, 4.69) is 31.6 Å². The molecule has 1 aromatic carbocycles. The summed E-state index contributed by atoms with van der Waals surface area (Å²) in [6.45, 7) is 3.75. The maximum Gasteiger partial charge on any atom is 0.191 e. The Morgan fingerprint density at radius 2 is 2.19 bits per heavy atom. The van der Waals surface area contributed by atoms with Gasteiger partial charge in [0.2, 0.25) is 0 Å². The van der Waals surface area contributed by atoms with Crippen LogP contribution in [0.25, 0.3) is 0 Å². The Morgan fingerprint density at radius 1 is 1.33 bits per heavy atom. The fraction of sp³-hybridized carbons (Fsp3) is 0.267. The smallest absolute Gasteiger partial charge is 0.191 e. The lowest BCUT2D eigenvalue weighted by Gasteiger charge is -2.12. The molecule has 2 N–H and O–H groups in total. The van der Waals surface area contributed by atoms with Gasteiger partial charge in [-0.25, -0.2) is 9.38 Å². The zero-order valence-corrected chi connectivity index (χ0v) is 13.3. The van der Waals surface area contributed by atoms with Gasteiger partial charge in [0.15, 0.2) is 5.96 Å². The first-order chi connectivity index (χ1) is 10.2. The number of rotatable bonds is 5. The van der Waals surface area contributed by atoms with Crippen molar-refractivity contribution in [3.63, 3.8) is 0 Å². The van der Waals surface area contributed by atoms with Gasteiger partial charge in [-0.2, -0.15) is 0 Å². The van der Waals surface area contributed by atoms with Crippen LogP contribution < -0.4 is 10.6 Å². The first-order valence-corrected chi connectivity index (χ1v) is 7.45. The highest BCUT2D eigenvalue weighted by molar-refractivity contribution is 9.10. The summed E-state index contributed by atoms with van der Waals surface area (Å²) in [5.41, 5.74) is 1.84. The molecule has 0 aliphatic heterocycles. The highest BCUT2D eigenvalue weighted by Crippen LogP contribution is 2.17. The van der Waals surface area contributed by atoms with Gasteiger partial charge in [0.25, 0.3) is 0 Å². The van der Waals surface area contributed by atoms with Gasteiger partial charge in [-0.1, -0.05) is 15.9 Å². The minimum Gasteiger partial charge on any atom is -0.472 e. The zero-order valence-electron chi connectivity index (χ0n) is 11.7. The third-order valence-corrected chi connectivity index (χ3v) is 3.57. The summed E-state index contributed by atoms with van der Waals surface area (Å²) in [4.78, 5) is 4.45. The fourth-order valence-electron chi connectivity index (χ4n) is 1.75. The molecule has 0 aliphatic carbocycles. The van der Waals surface area contributed by atoms with Crippen molar-refractivity contribution in [2.45, 2.75) is 20.0 Å². The van der Waals surface area contributed by atoms with Crippen LogP contribution in [0.1, 0.15) is 18.1 Å². The van der Waals surface area contributed by atoms with Crippen LogP contribution in [0.5, 0.6) is 0 Å². The van der Waals surface area contributed by atoms with E-state index in [1.807, 2.05) is 13.0 Å². The standard InChI is InChI=1S/C15H17BrFN3O/c1-2-18-15(19-8-11-5-6-21-10-11)20-9-12-7-13(17)3-4-14(12)16/h3-7,10H,2,8-9H2,1H3,(H2,18,19,20). The Balaban J connectivity index is 1.99. The Morgan fingerprint density at radius 3 is 2.90 bits per heavy atom. The predicted octanol–water partition coefficient (Wildman–Crippen LogP) is 3.44. The Labute approximate surface area is 131 Å². The summed E-state index contributed by atoms with van der Waals surface area (Å²) in [6.07, 6.45) is 3.28. The van der Waals surface area contributed by atoms with E-state index in [1.54, 1.807) is 18.6 Å². The average molecular weight is 354 g/mol. The lowest BCUT2D eigenvalue weighted by Crippen LogP contribution is -2.36. The molecule has 0 aliphatic rings. The van der Waals surface area contributed by atoms with Gasteiger partial charge < -0.3 is 15.1 Å². The molecule has 0 radical (unpaired) electrons. The number of benzene rings is 1. The maximum absolute atomic E-state index is 13.2. The van der Waals surface area contributed by atoms with Crippen LogP contribution in [0.4, 0.5) is 4.39 Å². The number of guanidine groups is 1. The molecule has 1 heterocycles. The summed E-state index contributed by atoms with van der Waals surface area (Å²) in [5.74, 6) is 0.421. The maximum atomic E-state index is 13.2. The number of furan rings is 1. The fourth-order valence-corrected chi connectivity index (χ4v) is 2.14. The molecule has 0 amide bonds. The number of halogens is 2. The van der Waals surface area contributed by atoms with E-state index in [0.29, 0.717) is 19.0 Å². The van der Waals surface area contributed by atoms with Gasteiger partial charge in [-0.15, -0.1) is 0 Å². The topological polar surface area (TPSA) is 49.6 Å². The van der Waals surface area contributed by atoms with Gasteiger partial charge in [-0.05, 0) is 36.8 Å². The minimum absolute atomic E-state index is 0.254. The number of aliphatic imine (C=N–C) groups is 1. The van der Waals surface area contributed by atoms with Gasteiger partial charge >= 0.3 is 0 Å². The van der Waals surface area contributed by atoms with Crippen molar-refractivity contribution in [2.24, 2.45) is 4.99 Å². The molecule has 6 heteroatoms. The van der Waals surface area contributed by atoms with Crippen LogP contribution in [-0.2, 0) is 13.1 Å². The van der Waals surface area contributed by atoms with Crippen molar-refractivity contribution in [2.75, 3.05) is 6.54 Å². The van der Waals surface area contributed by atoms with E-state index in [-0.39, 0.29) is 5.82 Å². The lowest BCUT2D eigenvalue weighted by atomic mass is 10.2. The van der Waals surface area contributed by atoms with E-state index in [9.17, 15) is 4.39 Å². The minimum atomic E-state index is -0.254. The first kappa shape index (κ1) is 15.6. The molecule has 0 fully saturated rings. The summed E-state index contributed by atoms with van der Waals surface area (Å²) in [7, 11) is 0. The van der Waals surface area contributed by atoms with Crippen molar-refractivity contribution in [3.8, 4) is 0 Å². The van der Waals surface area contributed by atoms with Crippen molar-refractivity contribution < 1.29 is 8.81 Å². The average Bonchev–Trinajstić information content (AvgIpc) is 2.98. The van der Waals surface area contributed by atoms with Crippen LogP contribution in [0.3, 0.4) is 0 Å². The van der Waals surface area contributed by atoms with Crippen molar-refractivity contribution in [1.29, 1.82) is 0 Å². The molecular formula is C15H17BrFN3O. The van der Waals surface area contributed by atoms with Gasteiger partial charge in [-0.3, -0.25) is 0 Å². The van der Waals surface area contributed by atoms with E-state index < -0.39 is 0 Å². The molecule has 0 saturated carbocycles. The molecule has 4 nitrogen and oxygen atoms in total. The number of nitrogens with one attached hydrogen (secondary N) is 2. The molecule has 0 atom stereocenters. The molecule has 112 valence electrons. The first-order valence-electron chi connectivity index (χ1n) is 6.66. The second kappa shape index (κ2) is 7.83. The Kier molecular flexibility index (Phi) is 5.80. The number of nitrogens with zero attached hydrogens (tertiary/aromatic N) is 1. The second-order valence-corrected chi connectivity index (χ2v) is 5.27. The number of hydrogen-bond donors (Lipinski definition) is 2. The Bertz CT molecular complexity index is 599. The summed E-state index contributed by atoms with van der Waals surface area (Å²) >= 11 is 3.41. The lowest BCUT2D eigenvalue weighted by molar-refractivity contribution is 0.564. The van der Waals surface area contributed by atoms with Crippen LogP contribution in [-0.4, -0.2) is 12.5 Å². The largest absolute Gasteiger partial charge is 0.472 e. The van der Waals surface area contributed by atoms with Crippen LogP contribution in [0, 0.1) is 5.82 Å². The van der Waals surface area contributed by atoms with Crippen LogP contribution >= 0.6 is 15.9 Å². The molecule has 2 aromatic rings. The highest BCUT2D eigenvalue weighted by atomic mass is 79.9. The van der Waals surface area contributed by atoms with E-state index in [1.165, 1.54) is 12.1 Å². The summed E-state index contributed by atoms with van der Waals surface area (Å²) in [5, 5.41) is 6.33. The molecule has 0 saturated heterocycles. The van der Waals surface area contributed by atoms with E-state index in [0.717, 1.165) is 22.1 Å². The normalized spacial score (nSPS) is 11.5. The Hall–Kier alpha value is -1.82. The van der Waals surface area contributed by atoms with Gasteiger partial charge in [0, 0.05) is 23.1 Å². The second-order valence-electron chi connectivity index (χ2n) is 4.42. The van der Waals surface area contributed by atoms with Crippen molar-refractivity contribution in [3.05, 3.63) is 58.2 Å². The summed E-state index contributed by atoms with van der Waals surface area (Å²) < 4.78 is 19.1. The molecule has 0 unspecified atom stereocenters. The van der Waals surface area contributed by atoms with Crippen LogP contribution in [0.15, 0.2) is 50.7 Å². The summed E-state index contributed by atoms with van der Waals surface area (Å²) in [6, 6.07) is 6.49. The van der Waals surface area contributed by atoms with Crippen molar-refractivity contribution in [1.82, 2.24) is 10.6 Å². The third kappa shape index (κ3) is 4.90. The molecule has 0 spiro atoms. The van der Waals surface area contributed by atoms with Gasteiger partial charge in [0.1, 0.15) is 5.82 Å². The highest BCUT2D eigenvalue weighted by Gasteiger charge is 2.04. The van der Waals surface area contributed by atoms with E-state index >= 15 is 0 Å². The predicted molar refractivity (Wildman–Crippen MR) is 84.5 cm³/mol. The molecule has 2 rings (SSSR count). The monoisotopic (exact) mass is 353 g/mol. The van der Waals surface area contributed by atoms with Crippen LogP contribution in [0.2, 0.25) is 0 Å². The molecule has 1 aromatic heterocycles.